The summed E-state index contributed by atoms with van der Waals surface area (Å²) in [7, 11) is 0. The lowest BCUT2D eigenvalue weighted by Gasteiger charge is -2.42. The van der Waals surface area contributed by atoms with Gasteiger partial charge in [-0.1, -0.05) is 13.8 Å². The minimum Gasteiger partial charge on any atom is -0.462 e. The number of thiophene rings is 1. The van der Waals surface area contributed by atoms with Crippen molar-refractivity contribution in [2.75, 3.05) is 6.61 Å². The number of carbonyl (C=O) groups is 1. The molecule has 1 aromatic heterocycles. The molecule has 0 saturated heterocycles. The average molecular weight is 317 g/mol. The van der Waals surface area contributed by atoms with E-state index in [2.05, 4.69) is 35.8 Å². The van der Waals surface area contributed by atoms with Gasteiger partial charge in [0, 0.05) is 0 Å². The number of rotatable bonds is 3. The molecule has 2 nitrogen and oxygen atoms in total. The lowest BCUT2D eigenvalue weighted by molar-refractivity contribution is 0.0526. The summed E-state index contributed by atoms with van der Waals surface area (Å²) in [5.41, 5.74) is 1.59. The fourth-order valence-electron chi connectivity index (χ4n) is 2.53. The molecule has 0 spiro atoms. The summed E-state index contributed by atoms with van der Waals surface area (Å²) in [4.78, 5) is 12.6. The zero-order chi connectivity index (χ0) is 12.6. The van der Waals surface area contributed by atoms with E-state index in [1.807, 2.05) is 6.92 Å². The summed E-state index contributed by atoms with van der Waals surface area (Å²) >= 11 is 4.95. The maximum absolute atomic E-state index is 11.9. The monoisotopic (exact) mass is 316 g/mol. The van der Waals surface area contributed by atoms with Gasteiger partial charge in [0.15, 0.2) is 0 Å². The summed E-state index contributed by atoms with van der Waals surface area (Å²) in [6.07, 6.45) is 2.31. The van der Waals surface area contributed by atoms with Crippen LogP contribution in [0.25, 0.3) is 0 Å². The van der Waals surface area contributed by atoms with Crippen LogP contribution >= 0.6 is 27.3 Å². The Bertz CT molecular complexity index is 429. The number of hydrogen-bond donors (Lipinski definition) is 0. The summed E-state index contributed by atoms with van der Waals surface area (Å²) in [5.74, 6) is 0.342. The van der Waals surface area contributed by atoms with E-state index in [1.54, 1.807) is 0 Å². The molecular weight excluding hydrogens is 300 g/mol. The topological polar surface area (TPSA) is 26.3 Å². The highest BCUT2D eigenvalue weighted by Crippen LogP contribution is 2.52. The van der Waals surface area contributed by atoms with E-state index in [0.29, 0.717) is 17.9 Å². The quantitative estimate of drug-likeness (QED) is 0.762. The first-order valence-electron chi connectivity index (χ1n) is 5.89. The Morgan fingerprint density at radius 3 is 2.76 bits per heavy atom. The summed E-state index contributed by atoms with van der Waals surface area (Å²) in [6, 6.07) is 2.08. The Morgan fingerprint density at radius 2 is 2.24 bits per heavy atom. The SMILES string of the molecule is CCOC(=O)c1sc(Br)cc1C1CC(C)(C)C1. The number of ether oxygens (including phenoxy) is 1. The van der Waals surface area contributed by atoms with Crippen LogP contribution in [0.2, 0.25) is 0 Å². The minimum absolute atomic E-state index is 0.178. The summed E-state index contributed by atoms with van der Waals surface area (Å²) < 4.78 is 6.12. The van der Waals surface area contributed by atoms with E-state index in [0.717, 1.165) is 21.5 Å². The van der Waals surface area contributed by atoms with Crippen molar-refractivity contribution in [3.05, 3.63) is 20.3 Å². The molecule has 0 N–H and O–H groups in total. The van der Waals surface area contributed by atoms with E-state index in [-0.39, 0.29) is 5.97 Å². The number of esters is 1. The van der Waals surface area contributed by atoms with Crippen LogP contribution in [0.15, 0.2) is 9.85 Å². The zero-order valence-electron chi connectivity index (χ0n) is 10.4. The molecule has 0 radical (unpaired) electrons. The molecule has 0 bridgehead atoms. The molecule has 2 rings (SSSR count). The highest BCUT2D eigenvalue weighted by molar-refractivity contribution is 9.11. The average Bonchev–Trinajstić information content (AvgIpc) is 2.57. The van der Waals surface area contributed by atoms with Crippen molar-refractivity contribution in [3.63, 3.8) is 0 Å². The van der Waals surface area contributed by atoms with E-state index in [4.69, 9.17) is 4.74 Å². The molecule has 0 aliphatic heterocycles. The van der Waals surface area contributed by atoms with Crippen molar-refractivity contribution in [2.45, 2.75) is 39.5 Å². The van der Waals surface area contributed by atoms with Gasteiger partial charge in [-0.05, 0) is 58.7 Å². The molecule has 1 saturated carbocycles. The Morgan fingerprint density at radius 1 is 1.59 bits per heavy atom. The summed E-state index contributed by atoms with van der Waals surface area (Å²) in [6.45, 7) is 6.82. The van der Waals surface area contributed by atoms with E-state index in [9.17, 15) is 4.79 Å². The van der Waals surface area contributed by atoms with E-state index >= 15 is 0 Å². The van der Waals surface area contributed by atoms with Gasteiger partial charge in [-0.3, -0.25) is 0 Å². The van der Waals surface area contributed by atoms with Crippen LogP contribution in [0.1, 0.15) is 54.8 Å². The predicted octanol–water partition coefficient (Wildman–Crippen LogP) is 4.59. The van der Waals surface area contributed by atoms with Gasteiger partial charge in [0.2, 0.25) is 0 Å². The van der Waals surface area contributed by atoms with Crippen LogP contribution < -0.4 is 0 Å². The molecule has 17 heavy (non-hydrogen) atoms. The Kier molecular flexibility index (Phi) is 3.64. The first kappa shape index (κ1) is 13.1. The van der Waals surface area contributed by atoms with Gasteiger partial charge in [0.25, 0.3) is 0 Å². The Hall–Kier alpha value is -0.350. The molecule has 4 heteroatoms. The van der Waals surface area contributed by atoms with Gasteiger partial charge in [0.05, 0.1) is 10.4 Å². The molecule has 1 aliphatic carbocycles. The summed E-state index contributed by atoms with van der Waals surface area (Å²) in [5, 5.41) is 0. The number of carbonyl (C=O) groups excluding carboxylic acids is 1. The van der Waals surface area contributed by atoms with Gasteiger partial charge in [0.1, 0.15) is 4.88 Å². The second kappa shape index (κ2) is 4.73. The third kappa shape index (κ3) is 2.74. The van der Waals surface area contributed by atoms with Gasteiger partial charge in [-0.25, -0.2) is 4.79 Å². The lowest BCUT2D eigenvalue weighted by atomic mass is 9.62. The van der Waals surface area contributed by atoms with Gasteiger partial charge < -0.3 is 4.74 Å². The van der Waals surface area contributed by atoms with Crippen LogP contribution in [0.4, 0.5) is 0 Å². The molecule has 1 heterocycles. The second-order valence-electron chi connectivity index (χ2n) is 5.32. The zero-order valence-corrected chi connectivity index (χ0v) is 12.8. The van der Waals surface area contributed by atoms with Crippen molar-refractivity contribution < 1.29 is 9.53 Å². The van der Waals surface area contributed by atoms with Crippen molar-refractivity contribution in [1.82, 2.24) is 0 Å². The van der Waals surface area contributed by atoms with Gasteiger partial charge >= 0.3 is 5.97 Å². The highest BCUT2D eigenvalue weighted by Gasteiger charge is 2.39. The van der Waals surface area contributed by atoms with Crippen molar-refractivity contribution in [2.24, 2.45) is 5.41 Å². The first-order chi connectivity index (χ1) is 7.93. The molecular formula is C13H17BrO2S. The highest BCUT2D eigenvalue weighted by atomic mass is 79.9. The van der Waals surface area contributed by atoms with Crippen LogP contribution in [-0.4, -0.2) is 12.6 Å². The van der Waals surface area contributed by atoms with Crippen molar-refractivity contribution in [1.29, 1.82) is 0 Å². The molecule has 0 aromatic carbocycles. The first-order valence-corrected chi connectivity index (χ1v) is 7.50. The van der Waals surface area contributed by atoms with Crippen LogP contribution in [0, 0.1) is 5.41 Å². The van der Waals surface area contributed by atoms with E-state index < -0.39 is 0 Å². The molecule has 94 valence electrons. The molecule has 0 amide bonds. The predicted molar refractivity (Wildman–Crippen MR) is 73.7 cm³/mol. The largest absolute Gasteiger partial charge is 0.462 e. The maximum Gasteiger partial charge on any atom is 0.348 e. The Labute approximate surface area is 114 Å². The van der Waals surface area contributed by atoms with E-state index in [1.165, 1.54) is 16.9 Å². The van der Waals surface area contributed by atoms with Crippen molar-refractivity contribution >= 4 is 33.2 Å². The molecule has 0 unspecified atom stereocenters. The molecule has 0 atom stereocenters. The Balaban J connectivity index is 2.20. The second-order valence-corrected chi connectivity index (χ2v) is 7.76. The number of hydrogen-bond acceptors (Lipinski definition) is 3. The fraction of sp³-hybridized carbons (Fsp3) is 0.615. The molecule has 1 aromatic rings. The minimum atomic E-state index is -0.178. The lowest BCUT2D eigenvalue weighted by Crippen LogP contribution is -2.30. The maximum atomic E-state index is 11.9. The smallest absolute Gasteiger partial charge is 0.348 e. The van der Waals surface area contributed by atoms with Gasteiger partial charge in [-0.15, -0.1) is 11.3 Å². The third-order valence-corrected chi connectivity index (χ3v) is 4.86. The van der Waals surface area contributed by atoms with Gasteiger partial charge in [-0.2, -0.15) is 0 Å². The van der Waals surface area contributed by atoms with Crippen LogP contribution in [0.3, 0.4) is 0 Å². The normalized spacial score (nSPS) is 18.8. The third-order valence-electron chi connectivity index (χ3n) is 3.23. The fourth-order valence-corrected chi connectivity index (χ4v) is 4.13. The standard InChI is InChI=1S/C13H17BrO2S/c1-4-16-12(15)11-9(5-10(14)17-11)8-6-13(2,3)7-8/h5,8H,4,6-7H2,1-3H3. The molecule has 1 aliphatic rings. The molecule has 1 fully saturated rings. The van der Waals surface area contributed by atoms with Crippen LogP contribution in [0.5, 0.6) is 0 Å². The van der Waals surface area contributed by atoms with Crippen molar-refractivity contribution in [3.8, 4) is 0 Å². The van der Waals surface area contributed by atoms with Crippen LogP contribution in [-0.2, 0) is 4.74 Å². The number of halogens is 1.